The molecule has 0 aliphatic rings. The van der Waals surface area contributed by atoms with Crippen LogP contribution in [0.15, 0.2) is 12.7 Å². The first-order valence-electron chi connectivity index (χ1n) is 21.9. The van der Waals surface area contributed by atoms with Crippen LogP contribution in [0.4, 0.5) is 0 Å². The molecule has 0 heterocycles. The first-order chi connectivity index (χ1) is 25.3. The SMILES string of the molecule is C=CCCCCCCCCCCCCCCCC(=O)OC[C@H](COP(=O)(O)O)OC(=O)CCCCCCCCCCCCCCCCCCCCC. The van der Waals surface area contributed by atoms with Crippen molar-refractivity contribution in [1.82, 2.24) is 0 Å². The van der Waals surface area contributed by atoms with Gasteiger partial charge in [0.1, 0.15) is 6.61 Å². The van der Waals surface area contributed by atoms with Gasteiger partial charge in [0.05, 0.1) is 6.61 Å². The van der Waals surface area contributed by atoms with Crippen LogP contribution in [0.25, 0.3) is 0 Å². The fourth-order valence-corrected chi connectivity index (χ4v) is 7.01. The smallest absolute Gasteiger partial charge is 0.462 e. The van der Waals surface area contributed by atoms with E-state index >= 15 is 0 Å². The van der Waals surface area contributed by atoms with Crippen molar-refractivity contribution < 1.29 is 37.9 Å². The van der Waals surface area contributed by atoms with Gasteiger partial charge in [-0.15, -0.1) is 6.58 Å². The standard InChI is InChI=1S/C43H83O8P/c1-3-5-7-9-11-13-15-17-19-20-21-22-24-26-28-30-32-34-36-38-43(45)51-41(40-50-52(46,47)48)39-49-42(44)37-35-33-31-29-27-25-23-18-16-14-12-10-8-6-4-2/h4,41H,2-3,5-40H2,1H3,(H2,46,47,48)/t41-/m1/s1. The molecule has 0 saturated carbocycles. The van der Waals surface area contributed by atoms with Gasteiger partial charge in [0.25, 0.3) is 0 Å². The Hall–Kier alpha value is -1.21. The highest BCUT2D eigenvalue weighted by Crippen LogP contribution is 2.36. The topological polar surface area (TPSA) is 119 Å². The summed E-state index contributed by atoms with van der Waals surface area (Å²) in [5.74, 6) is -0.873. The Morgan fingerprint density at radius 2 is 0.846 bits per heavy atom. The van der Waals surface area contributed by atoms with Crippen molar-refractivity contribution in [3.05, 3.63) is 12.7 Å². The second-order valence-electron chi connectivity index (χ2n) is 15.1. The molecule has 0 bridgehead atoms. The Morgan fingerprint density at radius 3 is 1.19 bits per heavy atom. The van der Waals surface area contributed by atoms with Gasteiger partial charge in [-0.25, -0.2) is 4.57 Å². The van der Waals surface area contributed by atoms with Crippen LogP contribution >= 0.6 is 7.82 Å². The molecule has 52 heavy (non-hydrogen) atoms. The van der Waals surface area contributed by atoms with Crippen molar-refractivity contribution in [2.24, 2.45) is 0 Å². The molecule has 0 aromatic carbocycles. The molecule has 0 rings (SSSR count). The molecule has 1 atom stereocenters. The Kier molecular flexibility index (Phi) is 38.6. The summed E-state index contributed by atoms with van der Waals surface area (Å²) in [6, 6.07) is 0. The van der Waals surface area contributed by atoms with E-state index < -0.39 is 32.5 Å². The normalized spacial score (nSPS) is 12.2. The highest BCUT2D eigenvalue weighted by Gasteiger charge is 2.23. The number of ether oxygens (including phenoxy) is 2. The van der Waals surface area contributed by atoms with Gasteiger partial charge in [-0.05, 0) is 25.7 Å². The number of rotatable bonds is 42. The summed E-state index contributed by atoms with van der Waals surface area (Å²) in [5.41, 5.74) is 0. The Balaban J connectivity index is 3.82. The highest BCUT2D eigenvalue weighted by molar-refractivity contribution is 7.46. The third-order valence-electron chi connectivity index (χ3n) is 9.93. The summed E-state index contributed by atoms with van der Waals surface area (Å²) >= 11 is 0. The molecule has 2 N–H and O–H groups in total. The van der Waals surface area contributed by atoms with Crippen molar-refractivity contribution in [1.29, 1.82) is 0 Å². The average Bonchev–Trinajstić information content (AvgIpc) is 3.11. The summed E-state index contributed by atoms with van der Waals surface area (Å²) < 4.78 is 26.4. The van der Waals surface area contributed by atoms with Crippen molar-refractivity contribution in [3.8, 4) is 0 Å². The largest absolute Gasteiger partial charge is 0.469 e. The lowest BCUT2D eigenvalue weighted by Crippen LogP contribution is -2.29. The molecule has 0 aromatic rings. The van der Waals surface area contributed by atoms with E-state index in [1.807, 2.05) is 6.08 Å². The summed E-state index contributed by atoms with van der Waals surface area (Å²) in [5, 5.41) is 0. The zero-order valence-electron chi connectivity index (χ0n) is 33.8. The van der Waals surface area contributed by atoms with Crippen molar-refractivity contribution >= 4 is 19.8 Å². The summed E-state index contributed by atoms with van der Waals surface area (Å²) in [6.07, 6.45) is 42.6. The minimum absolute atomic E-state index is 0.218. The van der Waals surface area contributed by atoms with E-state index in [1.54, 1.807) is 0 Å². The molecule has 0 aromatic heterocycles. The molecule has 0 spiro atoms. The Labute approximate surface area is 320 Å². The van der Waals surface area contributed by atoms with E-state index in [1.165, 1.54) is 167 Å². The summed E-state index contributed by atoms with van der Waals surface area (Å²) in [6.45, 7) is 5.23. The predicted molar refractivity (Wildman–Crippen MR) is 216 cm³/mol. The second kappa shape index (κ2) is 39.5. The van der Waals surface area contributed by atoms with Gasteiger partial charge >= 0.3 is 19.8 Å². The Bertz CT molecular complexity index is 845. The van der Waals surface area contributed by atoms with E-state index in [4.69, 9.17) is 19.3 Å². The maximum atomic E-state index is 12.4. The first kappa shape index (κ1) is 50.8. The zero-order chi connectivity index (χ0) is 38.2. The fraction of sp³-hybridized carbons (Fsp3) is 0.907. The number of carbonyl (C=O) groups is 2. The van der Waals surface area contributed by atoms with E-state index in [9.17, 15) is 14.2 Å². The van der Waals surface area contributed by atoms with Gasteiger partial charge in [0.15, 0.2) is 6.10 Å². The molecular formula is C43H83O8P. The molecule has 0 saturated heterocycles. The molecule has 0 unspecified atom stereocenters. The fourth-order valence-electron chi connectivity index (χ4n) is 6.65. The second-order valence-corrected chi connectivity index (χ2v) is 16.4. The molecule has 0 fully saturated rings. The first-order valence-corrected chi connectivity index (χ1v) is 23.5. The highest BCUT2D eigenvalue weighted by atomic mass is 31.2. The van der Waals surface area contributed by atoms with Gasteiger partial charge in [0, 0.05) is 12.8 Å². The molecule has 0 amide bonds. The molecule has 9 heteroatoms. The Morgan fingerprint density at radius 1 is 0.519 bits per heavy atom. The van der Waals surface area contributed by atoms with Crippen LogP contribution in [0.3, 0.4) is 0 Å². The average molecular weight is 759 g/mol. The number of phosphoric ester groups is 1. The molecular weight excluding hydrogens is 675 g/mol. The summed E-state index contributed by atoms with van der Waals surface area (Å²) in [4.78, 5) is 42.9. The van der Waals surface area contributed by atoms with E-state index in [0.29, 0.717) is 6.42 Å². The van der Waals surface area contributed by atoms with E-state index in [2.05, 4.69) is 18.0 Å². The van der Waals surface area contributed by atoms with Crippen LogP contribution in [0.5, 0.6) is 0 Å². The maximum Gasteiger partial charge on any atom is 0.469 e. The minimum atomic E-state index is -4.75. The van der Waals surface area contributed by atoms with Crippen LogP contribution in [0, 0.1) is 0 Å². The molecule has 0 radical (unpaired) electrons. The van der Waals surface area contributed by atoms with E-state index in [-0.39, 0.29) is 19.4 Å². The lowest BCUT2D eigenvalue weighted by molar-refractivity contribution is -0.161. The van der Waals surface area contributed by atoms with Crippen LogP contribution in [0.2, 0.25) is 0 Å². The van der Waals surface area contributed by atoms with Crippen molar-refractivity contribution in [3.63, 3.8) is 0 Å². The van der Waals surface area contributed by atoms with Crippen LogP contribution < -0.4 is 0 Å². The molecule has 0 aliphatic carbocycles. The number of carbonyl (C=O) groups excluding carboxylic acids is 2. The number of unbranched alkanes of at least 4 members (excludes halogenated alkanes) is 31. The van der Waals surface area contributed by atoms with Crippen molar-refractivity contribution in [2.75, 3.05) is 13.2 Å². The number of phosphoric acid groups is 1. The van der Waals surface area contributed by atoms with Gasteiger partial charge in [-0.2, -0.15) is 0 Å². The lowest BCUT2D eigenvalue weighted by Gasteiger charge is -2.18. The number of hydrogen-bond donors (Lipinski definition) is 2. The van der Waals surface area contributed by atoms with Gasteiger partial charge in [-0.3, -0.25) is 14.1 Å². The lowest BCUT2D eigenvalue weighted by atomic mass is 10.0. The molecule has 8 nitrogen and oxygen atoms in total. The third-order valence-corrected chi connectivity index (χ3v) is 10.4. The molecule has 308 valence electrons. The number of esters is 2. The quantitative estimate of drug-likeness (QED) is 0.0273. The summed E-state index contributed by atoms with van der Waals surface area (Å²) in [7, 11) is -4.75. The van der Waals surface area contributed by atoms with Gasteiger partial charge < -0.3 is 19.3 Å². The number of allylic oxidation sites excluding steroid dienone is 1. The maximum absolute atomic E-state index is 12.4. The molecule has 0 aliphatic heterocycles. The zero-order valence-corrected chi connectivity index (χ0v) is 34.7. The van der Waals surface area contributed by atoms with Crippen LogP contribution in [-0.2, 0) is 28.2 Å². The predicted octanol–water partition coefficient (Wildman–Crippen LogP) is 13.4. The van der Waals surface area contributed by atoms with Gasteiger partial charge in [0.2, 0.25) is 0 Å². The monoisotopic (exact) mass is 759 g/mol. The number of hydrogen-bond acceptors (Lipinski definition) is 6. The van der Waals surface area contributed by atoms with Crippen LogP contribution in [-0.4, -0.2) is 41.0 Å². The minimum Gasteiger partial charge on any atom is -0.462 e. The van der Waals surface area contributed by atoms with Crippen LogP contribution in [0.1, 0.15) is 232 Å². The van der Waals surface area contributed by atoms with E-state index in [0.717, 1.165) is 38.5 Å². The van der Waals surface area contributed by atoms with Crippen molar-refractivity contribution in [2.45, 2.75) is 238 Å². The third kappa shape index (κ3) is 41.5. The van der Waals surface area contributed by atoms with Gasteiger partial charge in [-0.1, -0.05) is 199 Å².